The van der Waals surface area contributed by atoms with Crippen molar-refractivity contribution in [2.45, 2.75) is 31.8 Å². The third-order valence-corrected chi connectivity index (χ3v) is 3.16. The molecule has 4 N–H and O–H groups in total. The van der Waals surface area contributed by atoms with Crippen LogP contribution in [0.3, 0.4) is 0 Å². The highest BCUT2D eigenvalue weighted by Crippen LogP contribution is 2.31. The minimum atomic E-state index is -0.843. The average Bonchev–Trinajstić information content (AvgIpc) is 2.42. The number of nitrogens with one attached hydrogen (secondary N) is 1. The molecule has 1 aliphatic rings. The van der Waals surface area contributed by atoms with Gasteiger partial charge in [0, 0.05) is 6.42 Å². The quantitative estimate of drug-likeness (QED) is 0.724. The topological polar surface area (TPSA) is 102 Å². The highest BCUT2D eigenvalue weighted by atomic mass is 16.5. The first-order valence-corrected chi connectivity index (χ1v) is 6.62. The van der Waals surface area contributed by atoms with Crippen LogP contribution < -0.4 is 15.8 Å². The molecule has 0 unspecified atom stereocenters. The molecule has 2 rings (SSSR count). The van der Waals surface area contributed by atoms with Crippen molar-refractivity contribution in [3.8, 4) is 5.75 Å². The van der Waals surface area contributed by atoms with Gasteiger partial charge in [-0.3, -0.25) is 9.59 Å². The number of nitrogens with two attached hydrogens (primary N) is 1. The molecule has 0 radical (unpaired) electrons. The maximum absolute atomic E-state index is 11.9. The zero-order chi connectivity index (χ0) is 14.5. The maximum Gasteiger partial charge on any atom is 0.303 e. The molecule has 0 aliphatic carbocycles. The van der Waals surface area contributed by atoms with Crippen molar-refractivity contribution in [2.75, 3.05) is 11.9 Å². The van der Waals surface area contributed by atoms with E-state index >= 15 is 0 Å². The molecule has 20 heavy (non-hydrogen) atoms. The maximum atomic E-state index is 11.9. The van der Waals surface area contributed by atoms with Gasteiger partial charge in [0.2, 0.25) is 0 Å². The number of carbonyl (C=O) groups is 2. The third kappa shape index (κ3) is 3.48. The van der Waals surface area contributed by atoms with Crippen LogP contribution in [0.5, 0.6) is 5.75 Å². The number of amides is 1. The molecule has 0 saturated heterocycles. The van der Waals surface area contributed by atoms with Gasteiger partial charge in [0.25, 0.3) is 5.91 Å². The standard InChI is InChI=1S/C14H18N2O4/c15-7-1-2-12-14(19)16-10-8-9(4-6-13(17)18)3-5-11(10)20-12/h3,5,8,12H,1-2,4,6-7,15H2,(H,16,19)(H,17,18)/t12-/m1/s1. The first-order valence-electron chi connectivity index (χ1n) is 6.62. The number of aliphatic carboxylic acids is 1. The summed E-state index contributed by atoms with van der Waals surface area (Å²) in [7, 11) is 0. The van der Waals surface area contributed by atoms with Crippen molar-refractivity contribution >= 4 is 17.6 Å². The fourth-order valence-corrected chi connectivity index (χ4v) is 2.10. The number of anilines is 1. The first kappa shape index (κ1) is 14.3. The fraction of sp³-hybridized carbons (Fsp3) is 0.429. The predicted molar refractivity (Wildman–Crippen MR) is 73.7 cm³/mol. The fourth-order valence-electron chi connectivity index (χ4n) is 2.10. The Kier molecular flexibility index (Phi) is 4.57. The number of rotatable bonds is 6. The zero-order valence-electron chi connectivity index (χ0n) is 11.1. The molecule has 0 aromatic heterocycles. The molecular weight excluding hydrogens is 260 g/mol. The summed E-state index contributed by atoms with van der Waals surface area (Å²) >= 11 is 0. The van der Waals surface area contributed by atoms with Crippen LogP contribution in [0.15, 0.2) is 18.2 Å². The summed E-state index contributed by atoms with van der Waals surface area (Å²) in [6.07, 6.45) is 1.30. The molecule has 6 nitrogen and oxygen atoms in total. The molecule has 0 fully saturated rings. The summed E-state index contributed by atoms with van der Waals surface area (Å²) in [6, 6.07) is 5.34. The van der Waals surface area contributed by atoms with Gasteiger partial charge in [-0.1, -0.05) is 6.07 Å². The molecule has 0 bridgehead atoms. The van der Waals surface area contributed by atoms with Gasteiger partial charge in [0.15, 0.2) is 6.10 Å². The summed E-state index contributed by atoms with van der Waals surface area (Å²) in [5, 5.41) is 11.5. The number of benzene rings is 1. The predicted octanol–water partition coefficient (Wildman–Crippen LogP) is 1.14. The Hall–Kier alpha value is -2.08. The van der Waals surface area contributed by atoms with E-state index < -0.39 is 12.1 Å². The molecule has 1 amide bonds. The van der Waals surface area contributed by atoms with Crippen molar-refractivity contribution in [2.24, 2.45) is 5.73 Å². The SMILES string of the molecule is NCCC[C@H]1Oc2ccc(CCC(=O)O)cc2NC1=O. The van der Waals surface area contributed by atoms with E-state index in [2.05, 4.69) is 5.32 Å². The lowest BCUT2D eigenvalue weighted by molar-refractivity contribution is -0.137. The molecule has 0 spiro atoms. The molecule has 108 valence electrons. The molecule has 1 aliphatic heterocycles. The minimum absolute atomic E-state index is 0.0622. The number of hydrogen-bond acceptors (Lipinski definition) is 4. The Morgan fingerprint density at radius 3 is 2.95 bits per heavy atom. The second kappa shape index (κ2) is 6.38. The molecule has 1 aromatic carbocycles. The van der Waals surface area contributed by atoms with E-state index in [1.165, 1.54) is 0 Å². The van der Waals surface area contributed by atoms with Gasteiger partial charge in [-0.2, -0.15) is 0 Å². The zero-order valence-corrected chi connectivity index (χ0v) is 11.1. The van der Waals surface area contributed by atoms with E-state index in [0.29, 0.717) is 30.8 Å². The second-order valence-electron chi connectivity index (χ2n) is 4.75. The number of carbonyl (C=O) groups excluding carboxylic acids is 1. The summed E-state index contributed by atoms with van der Waals surface area (Å²) in [5.74, 6) is -0.406. The highest BCUT2D eigenvalue weighted by Gasteiger charge is 2.27. The van der Waals surface area contributed by atoms with Gasteiger partial charge < -0.3 is 20.9 Å². The largest absolute Gasteiger partial charge is 0.481 e. The molecular formula is C14H18N2O4. The van der Waals surface area contributed by atoms with Gasteiger partial charge in [-0.05, 0) is 43.5 Å². The molecule has 6 heteroatoms. The van der Waals surface area contributed by atoms with Crippen LogP contribution in [-0.2, 0) is 16.0 Å². The Morgan fingerprint density at radius 2 is 2.25 bits per heavy atom. The van der Waals surface area contributed by atoms with Gasteiger partial charge >= 0.3 is 5.97 Å². The van der Waals surface area contributed by atoms with Gasteiger partial charge in [-0.15, -0.1) is 0 Å². The van der Waals surface area contributed by atoms with Crippen molar-refractivity contribution in [3.63, 3.8) is 0 Å². The van der Waals surface area contributed by atoms with E-state index in [0.717, 1.165) is 12.0 Å². The Balaban J connectivity index is 2.07. The summed E-state index contributed by atoms with van der Waals surface area (Å²) in [6.45, 7) is 0.522. The van der Waals surface area contributed by atoms with Crippen LogP contribution in [0.1, 0.15) is 24.8 Å². The summed E-state index contributed by atoms with van der Waals surface area (Å²) in [4.78, 5) is 22.4. The highest BCUT2D eigenvalue weighted by molar-refractivity contribution is 5.97. The molecule has 1 aromatic rings. The van der Waals surface area contributed by atoms with Gasteiger partial charge in [0.1, 0.15) is 5.75 Å². The van der Waals surface area contributed by atoms with Crippen molar-refractivity contribution in [1.29, 1.82) is 0 Å². The van der Waals surface area contributed by atoms with Crippen molar-refractivity contribution < 1.29 is 19.4 Å². The summed E-state index contributed by atoms with van der Waals surface area (Å²) < 4.78 is 5.64. The van der Waals surface area contributed by atoms with Crippen LogP contribution in [0.25, 0.3) is 0 Å². The third-order valence-electron chi connectivity index (χ3n) is 3.16. The Bertz CT molecular complexity index is 516. The number of hydrogen-bond donors (Lipinski definition) is 3. The lowest BCUT2D eigenvalue weighted by atomic mass is 10.1. The molecule has 1 atom stereocenters. The number of fused-ring (bicyclic) bond motifs is 1. The van der Waals surface area contributed by atoms with Crippen LogP contribution in [0.4, 0.5) is 5.69 Å². The van der Waals surface area contributed by atoms with Crippen LogP contribution >= 0.6 is 0 Å². The van der Waals surface area contributed by atoms with Crippen molar-refractivity contribution in [3.05, 3.63) is 23.8 Å². The van der Waals surface area contributed by atoms with E-state index in [9.17, 15) is 9.59 Å². The molecule has 1 heterocycles. The smallest absolute Gasteiger partial charge is 0.303 e. The van der Waals surface area contributed by atoms with E-state index in [-0.39, 0.29) is 12.3 Å². The number of ether oxygens (including phenoxy) is 1. The monoisotopic (exact) mass is 278 g/mol. The normalized spacial score (nSPS) is 17.1. The number of carboxylic acids is 1. The van der Waals surface area contributed by atoms with Crippen LogP contribution in [0.2, 0.25) is 0 Å². The van der Waals surface area contributed by atoms with Crippen LogP contribution in [-0.4, -0.2) is 29.6 Å². The van der Waals surface area contributed by atoms with E-state index in [1.807, 2.05) is 6.07 Å². The van der Waals surface area contributed by atoms with E-state index in [4.69, 9.17) is 15.6 Å². The lowest BCUT2D eigenvalue weighted by Crippen LogP contribution is -2.37. The number of aryl methyl sites for hydroxylation is 1. The minimum Gasteiger partial charge on any atom is -0.481 e. The second-order valence-corrected chi connectivity index (χ2v) is 4.75. The van der Waals surface area contributed by atoms with Crippen LogP contribution in [0, 0.1) is 0 Å². The Morgan fingerprint density at radius 1 is 1.45 bits per heavy atom. The number of carboxylic acid groups (broad SMARTS) is 1. The average molecular weight is 278 g/mol. The molecule has 0 saturated carbocycles. The summed E-state index contributed by atoms with van der Waals surface area (Å²) in [5.41, 5.74) is 6.88. The van der Waals surface area contributed by atoms with Crippen molar-refractivity contribution in [1.82, 2.24) is 0 Å². The lowest BCUT2D eigenvalue weighted by Gasteiger charge is -2.26. The Labute approximate surface area is 116 Å². The van der Waals surface area contributed by atoms with Gasteiger partial charge in [-0.25, -0.2) is 0 Å². The van der Waals surface area contributed by atoms with Gasteiger partial charge in [0.05, 0.1) is 5.69 Å². The van der Waals surface area contributed by atoms with E-state index in [1.54, 1.807) is 12.1 Å². The first-order chi connectivity index (χ1) is 9.60.